The van der Waals surface area contributed by atoms with Crippen molar-refractivity contribution in [3.63, 3.8) is 0 Å². The zero-order valence-electron chi connectivity index (χ0n) is 9.81. The maximum Gasteiger partial charge on any atom is 0.0506 e. The first kappa shape index (κ1) is 13.6. The highest BCUT2D eigenvalue weighted by molar-refractivity contribution is 5.66. The molecule has 0 saturated heterocycles. The van der Waals surface area contributed by atoms with Gasteiger partial charge in [-0.15, -0.1) is 0 Å². The Morgan fingerprint density at radius 2 is 1.43 bits per heavy atom. The number of hydrogen-bond acceptors (Lipinski definition) is 2. The van der Waals surface area contributed by atoms with Gasteiger partial charge in [0.15, 0.2) is 0 Å². The smallest absolute Gasteiger partial charge is 0.0506 e. The lowest BCUT2D eigenvalue weighted by Crippen LogP contribution is -2.41. The summed E-state index contributed by atoms with van der Waals surface area (Å²) in [6, 6.07) is 0. The van der Waals surface area contributed by atoms with Crippen molar-refractivity contribution in [3.8, 4) is 0 Å². The van der Waals surface area contributed by atoms with Crippen molar-refractivity contribution in [2.75, 3.05) is 0 Å². The predicted molar refractivity (Wildman–Crippen MR) is 64.0 cm³/mol. The van der Waals surface area contributed by atoms with Crippen molar-refractivity contribution < 1.29 is 0 Å². The van der Waals surface area contributed by atoms with Gasteiger partial charge < -0.3 is 11.1 Å². The van der Waals surface area contributed by atoms with E-state index >= 15 is 0 Å². The quantitative estimate of drug-likeness (QED) is 0.432. The molecule has 0 bridgehead atoms. The molecule has 0 unspecified atom stereocenters. The van der Waals surface area contributed by atoms with Crippen molar-refractivity contribution in [2.24, 2.45) is 5.73 Å². The van der Waals surface area contributed by atoms with Crippen LogP contribution in [0.2, 0.25) is 0 Å². The summed E-state index contributed by atoms with van der Waals surface area (Å²) in [4.78, 5) is 0. The standard InChI is InChI=1S/C12H26N2/c1-3-5-7-9-12(14,11-13)10-8-6-4-2/h11,13H,3-10,14H2,1-2H3. The molecule has 0 aliphatic rings. The highest BCUT2D eigenvalue weighted by atomic mass is 14.7. The van der Waals surface area contributed by atoms with Gasteiger partial charge in [-0.2, -0.15) is 0 Å². The summed E-state index contributed by atoms with van der Waals surface area (Å²) in [5.74, 6) is 0. The molecule has 14 heavy (non-hydrogen) atoms. The zero-order valence-corrected chi connectivity index (χ0v) is 9.81. The lowest BCUT2D eigenvalue weighted by Gasteiger charge is -2.24. The van der Waals surface area contributed by atoms with Gasteiger partial charge in [0.1, 0.15) is 0 Å². The Labute approximate surface area is 88.8 Å². The van der Waals surface area contributed by atoms with Crippen LogP contribution >= 0.6 is 0 Å². The van der Waals surface area contributed by atoms with E-state index in [4.69, 9.17) is 11.1 Å². The first-order chi connectivity index (χ1) is 6.68. The Morgan fingerprint density at radius 1 is 1.00 bits per heavy atom. The largest absolute Gasteiger partial charge is 0.321 e. The number of nitrogens with one attached hydrogen (secondary N) is 1. The summed E-state index contributed by atoms with van der Waals surface area (Å²) in [5.41, 5.74) is 5.82. The van der Waals surface area contributed by atoms with Gasteiger partial charge in [0, 0.05) is 6.21 Å². The van der Waals surface area contributed by atoms with Crippen LogP contribution in [-0.4, -0.2) is 11.8 Å². The van der Waals surface area contributed by atoms with Gasteiger partial charge in [-0.1, -0.05) is 52.4 Å². The van der Waals surface area contributed by atoms with Crippen LogP contribution in [0.15, 0.2) is 0 Å². The Morgan fingerprint density at radius 3 is 1.71 bits per heavy atom. The summed E-state index contributed by atoms with van der Waals surface area (Å²) in [7, 11) is 0. The Hall–Kier alpha value is -0.370. The average molecular weight is 198 g/mol. The topological polar surface area (TPSA) is 49.9 Å². The molecule has 0 saturated carbocycles. The van der Waals surface area contributed by atoms with E-state index in [2.05, 4.69) is 13.8 Å². The average Bonchev–Trinajstić information content (AvgIpc) is 2.19. The van der Waals surface area contributed by atoms with Crippen LogP contribution in [-0.2, 0) is 0 Å². The lowest BCUT2D eigenvalue weighted by molar-refractivity contribution is 0.441. The normalized spacial score (nSPS) is 11.6. The van der Waals surface area contributed by atoms with Gasteiger partial charge >= 0.3 is 0 Å². The molecule has 0 heterocycles. The van der Waals surface area contributed by atoms with Crippen LogP contribution in [0.5, 0.6) is 0 Å². The number of rotatable bonds is 9. The summed E-state index contributed by atoms with van der Waals surface area (Å²) in [5, 5.41) is 7.38. The first-order valence-corrected chi connectivity index (χ1v) is 5.99. The second-order valence-corrected chi connectivity index (χ2v) is 4.29. The highest BCUT2D eigenvalue weighted by Crippen LogP contribution is 2.17. The minimum atomic E-state index is -0.315. The highest BCUT2D eigenvalue weighted by Gasteiger charge is 2.20. The van der Waals surface area contributed by atoms with E-state index in [1.807, 2.05) is 0 Å². The number of nitrogens with two attached hydrogens (primary N) is 1. The van der Waals surface area contributed by atoms with Crippen LogP contribution in [0, 0.1) is 5.41 Å². The molecule has 2 nitrogen and oxygen atoms in total. The lowest BCUT2D eigenvalue weighted by atomic mass is 9.89. The molecule has 0 spiro atoms. The molecule has 0 atom stereocenters. The maximum absolute atomic E-state index is 7.38. The molecule has 0 amide bonds. The second-order valence-electron chi connectivity index (χ2n) is 4.29. The molecule has 0 aromatic carbocycles. The predicted octanol–water partition coefficient (Wildman–Crippen LogP) is 3.49. The van der Waals surface area contributed by atoms with Crippen LogP contribution in [0.25, 0.3) is 0 Å². The number of unbranched alkanes of at least 4 members (excludes halogenated alkanes) is 4. The maximum atomic E-state index is 7.38. The summed E-state index contributed by atoms with van der Waals surface area (Å²) in [6.45, 7) is 4.39. The summed E-state index contributed by atoms with van der Waals surface area (Å²) in [6.07, 6.45) is 10.7. The van der Waals surface area contributed by atoms with Crippen LogP contribution in [0.4, 0.5) is 0 Å². The summed E-state index contributed by atoms with van der Waals surface area (Å²) < 4.78 is 0. The molecular formula is C12H26N2. The molecule has 0 aliphatic carbocycles. The van der Waals surface area contributed by atoms with Crippen molar-refractivity contribution in [1.82, 2.24) is 0 Å². The molecule has 0 aromatic rings. The van der Waals surface area contributed by atoms with Crippen molar-refractivity contribution in [2.45, 2.75) is 70.8 Å². The fourth-order valence-corrected chi connectivity index (χ4v) is 1.68. The molecule has 0 aliphatic heterocycles. The van der Waals surface area contributed by atoms with E-state index in [0.29, 0.717) is 0 Å². The molecule has 0 radical (unpaired) electrons. The zero-order chi connectivity index (χ0) is 10.9. The molecule has 2 heteroatoms. The van der Waals surface area contributed by atoms with E-state index in [0.717, 1.165) is 25.7 Å². The monoisotopic (exact) mass is 198 g/mol. The molecule has 0 rings (SSSR count). The molecule has 0 aromatic heterocycles. The molecule has 0 fully saturated rings. The van der Waals surface area contributed by atoms with Gasteiger partial charge in [-0.3, -0.25) is 0 Å². The van der Waals surface area contributed by atoms with E-state index in [1.54, 1.807) is 0 Å². The SMILES string of the molecule is CCCCCC(N)(C=N)CCCCC. The van der Waals surface area contributed by atoms with Crippen LogP contribution in [0.1, 0.15) is 65.2 Å². The minimum Gasteiger partial charge on any atom is -0.321 e. The van der Waals surface area contributed by atoms with Crippen LogP contribution < -0.4 is 5.73 Å². The van der Waals surface area contributed by atoms with Crippen molar-refractivity contribution >= 4 is 6.21 Å². The van der Waals surface area contributed by atoms with Crippen molar-refractivity contribution in [3.05, 3.63) is 0 Å². The van der Waals surface area contributed by atoms with Crippen LogP contribution in [0.3, 0.4) is 0 Å². The third kappa shape index (κ3) is 6.14. The Balaban J connectivity index is 3.73. The minimum absolute atomic E-state index is 0.315. The van der Waals surface area contributed by atoms with E-state index in [9.17, 15) is 0 Å². The van der Waals surface area contributed by atoms with E-state index in [1.165, 1.54) is 31.9 Å². The molecular weight excluding hydrogens is 172 g/mol. The third-order valence-corrected chi connectivity index (χ3v) is 2.78. The van der Waals surface area contributed by atoms with Gasteiger partial charge in [0.05, 0.1) is 5.54 Å². The van der Waals surface area contributed by atoms with Gasteiger partial charge in [-0.05, 0) is 12.8 Å². The van der Waals surface area contributed by atoms with Gasteiger partial charge in [0.2, 0.25) is 0 Å². The van der Waals surface area contributed by atoms with E-state index < -0.39 is 0 Å². The second kappa shape index (κ2) is 7.98. The van der Waals surface area contributed by atoms with Gasteiger partial charge in [-0.25, -0.2) is 0 Å². The Kier molecular flexibility index (Phi) is 7.77. The van der Waals surface area contributed by atoms with Crippen molar-refractivity contribution in [1.29, 1.82) is 5.41 Å². The fraction of sp³-hybridized carbons (Fsp3) is 0.917. The molecule has 3 N–H and O–H groups in total. The fourth-order valence-electron chi connectivity index (χ4n) is 1.68. The third-order valence-electron chi connectivity index (χ3n) is 2.78. The number of hydrogen-bond donors (Lipinski definition) is 2. The Bertz CT molecular complexity index is 133. The summed E-state index contributed by atoms with van der Waals surface area (Å²) >= 11 is 0. The molecule has 84 valence electrons. The van der Waals surface area contributed by atoms with E-state index in [-0.39, 0.29) is 5.54 Å². The van der Waals surface area contributed by atoms with Gasteiger partial charge in [0.25, 0.3) is 0 Å². The first-order valence-electron chi connectivity index (χ1n) is 5.99.